The molecule has 25 heavy (non-hydrogen) atoms. The maximum absolute atomic E-state index is 11.9. The quantitative estimate of drug-likeness (QED) is 0.912. The highest BCUT2D eigenvalue weighted by atomic mass is 16.5. The van der Waals surface area contributed by atoms with E-state index in [-0.39, 0.29) is 23.5 Å². The largest absolute Gasteiger partial charge is 0.373 e. The lowest BCUT2D eigenvalue weighted by Gasteiger charge is -2.38. The monoisotopic (exact) mass is 344 g/mol. The molecule has 0 radical (unpaired) electrons. The fraction of sp³-hybridized carbons (Fsp3) is 0.667. The number of likely N-dealkylation sites (tertiary alicyclic amines) is 1. The van der Waals surface area contributed by atoms with E-state index in [9.17, 15) is 4.79 Å². The number of carbonyl (C=O) groups is 1. The van der Waals surface area contributed by atoms with E-state index in [1.807, 2.05) is 13.8 Å². The fourth-order valence-corrected chi connectivity index (χ4v) is 4.19. The minimum atomic E-state index is -0.0199. The summed E-state index contributed by atoms with van der Waals surface area (Å²) < 4.78 is 6.17. The van der Waals surface area contributed by atoms with E-state index in [4.69, 9.17) is 4.74 Å². The highest BCUT2D eigenvalue weighted by molar-refractivity contribution is 5.78. The predicted octanol–water partition coefficient (Wildman–Crippen LogP) is 3.20. The molecule has 2 aliphatic heterocycles. The SMILES string of the molecule is Cc1cc(C)cc(CN2CCC3(CC2)C[C@@H](NC(=O)C(C)C)CO3)c1. The Kier molecular flexibility index (Phi) is 5.49. The summed E-state index contributed by atoms with van der Waals surface area (Å²) in [6, 6.07) is 7.00. The van der Waals surface area contributed by atoms with Crippen molar-refractivity contribution < 1.29 is 9.53 Å². The Balaban J connectivity index is 1.51. The lowest BCUT2D eigenvalue weighted by Crippen LogP contribution is -2.45. The molecular formula is C21H32N2O2. The van der Waals surface area contributed by atoms with Crippen molar-refractivity contribution in [2.45, 2.75) is 65.1 Å². The molecule has 4 nitrogen and oxygen atoms in total. The Morgan fingerprint density at radius 2 is 1.88 bits per heavy atom. The number of nitrogens with zero attached hydrogens (tertiary/aromatic N) is 1. The molecule has 4 heteroatoms. The Bertz CT molecular complexity index is 598. The van der Waals surface area contributed by atoms with Gasteiger partial charge in [0, 0.05) is 25.6 Å². The molecule has 2 saturated heterocycles. The molecule has 0 unspecified atom stereocenters. The van der Waals surface area contributed by atoms with Gasteiger partial charge in [-0.3, -0.25) is 9.69 Å². The first-order chi connectivity index (χ1) is 11.8. The zero-order valence-corrected chi connectivity index (χ0v) is 16.1. The average Bonchev–Trinajstić information content (AvgIpc) is 2.91. The number of rotatable bonds is 4. The highest BCUT2D eigenvalue weighted by Crippen LogP contribution is 2.36. The second-order valence-electron chi connectivity index (χ2n) is 8.33. The Hall–Kier alpha value is -1.39. The van der Waals surface area contributed by atoms with Crippen LogP contribution in [0.4, 0.5) is 0 Å². The third kappa shape index (κ3) is 4.62. The third-order valence-electron chi connectivity index (χ3n) is 5.53. The van der Waals surface area contributed by atoms with Crippen molar-refractivity contribution in [2.24, 2.45) is 5.92 Å². The summed E-state index contributed by atoms with van der Waals surface area (Å²) in [6.07, 6.45) is 3.08. The van der Waals surface area contributed by atoms with Crippen LogP contribution >= 0.6 is 0 Å². The first-order valence-electron chi connectivity index (χ1n) is 9.59. The van der Waals surface area contributed by atoms with Crippen molar-refractivity contribution in [3.63, 3.8) is 0 Å². The molecule has 0 saturated carbocycles. The van der Waals surface area contributed by atoms with Crippen LogP contribution < -0.4 is 5.32 Å². The number of benzene rings is 1. The summed E-state index contributed by atoms with van der Waals surface area (Å²) in [4.78, 5) is 14.4. The van der Waals surface area contributed by atoms with Crippen molar-refractivity contribution in [1.82, 2.24) is 10.2 Å². The van der Waals surface area contributed by atoms with Gasteiger partial charge in [0.2, 0.25) is 5.91 Å². The van der Waals surface area contributed by atoms with E-state index in [1.165, 1.54) is 16.7 Å². The van der Waals surface area contributed by atoms with Gasteiger partial charge in [-0.1, -0.05) is 43.2 Å². The third-order valence-corrected chi connectivity index (χ3v) is 5.53. The number of nitrogens with one attached hydrogen (secondary N) is 1. The Labute approximate surface area is 151 Å². The molecule has 2 aliphatic rings. The Morgan fingerprint density at radius 3 is 2.48 bits per heavy atom. The molecule has 0 aliphatic carbocycles. The number of amides is 1. The number of hydrogen-bond donors (Lipinski definition) is 1. The molecule has 1 atom stereocenters. The van der Waals surface area contributed by atoms with Gasteiger partial charge in [-0.25, -0.2) is 0 Å². The van der Waals surface area contributed by atoms with Gasteiger partial charge >= 0.3 is 0 Å². The minimum Gasteiger partial charge on any atom is -0.373 e. The first-order valence-corrected chi connectivity index (χ1v) is 9.59. The maximum Gasteiger partial charge on any atom is 0.222 e. The van der Waals surface area contributed by atoms with Crippen LogP contribution in [-0.4, -0.2) is 42.1 Å². The summed E-state index contributed by atoms with van der Waals surface area (Å²) in [6.45, 7) is 12.0. The van der Waals surface area contributed by atoms with Crippen molar-refractivity contribution in [1.29, 1.82) is 0 Å². The molecule has 0 bridgehead atoms. The fourth-order valence-electron chi connectivity index (χ4n) is 4.19. The van der Waals surface area contributed by atoms with Gasteiger partial charge in [-0.15, -0.1) is 0 Å². The van der Waals surface area contributed by atoms with Crippen LogP contribution in [0, 0.1) is 19.8 Å². The summed E-state index contributed by atoms with van der Waals surface area (Å²) in [5.41, 5.74) is 4.06. The number of ether oxygens (including phenoxy) is 1. The number of piperidine rings is 1. The zero-order chi connectivity index (χ0) is 18.0. The van der Waals surface area contributed by atoms with Gasteiger partial charge in [-0.05, 0) is 38.7 Å². The summed E-state index contributed by atoms with van der Waals surface area (Å²) in [5, 5.41) is 3.14. The summed E-state index contributed by atoms with van der Waals surface area (Å²) in [5.74, 6) is 0.175. The molecule has 3 rings (SSSR count). The van der Waals surface area contributed by atoms with Crippen LogP contribution in [0.25, 0.3) is 0 Å². The van der Waals surface area contributed by atoms with E-state index >= 15 is 0 Å². The van der Waals surface area contributed by atoms with Gasteiger partial charge in [0.25, 0.3) is 0 Å². The van der Waals surface area contributed by atoms with Gasteiger partial charge < -0.3 is 10.1 Å². The molecule has 1 aromatic rings. The van der Waals surface area contributed by atoms with Gasteiger partial charge in [-0.2, -0.15) is 0 Å². The van der Waals surface area contributed by atoms with Crippen LogP contribution in [0.2, 0.25) is 0 Å². The van der Waals surface area contributed by atoms with Gasteiger partial charge in [0.15, 0.2) is 0 Å². The Morgan fingerprint density at radius 1 is 1.24 bits per heavy atom. The van der Waals surface area contributed by atoms with Crippen molar-refractivity contribution in [3.8, 4) is 0 Å². The number of hydrogen-bond acceptors (Lipinski definition) is 3. The van der Waals surface area contributed by atoms with E-state index in [0.717, 1.165) is 38.9 Å². The summed E-state index contributed by atoms with van der Waals surface area (Å²) in [7, 11) is 0. The lowest BCUT2D eigenvalue weighted by molar-refractivity contribution is -0.124. The molecule has 2 fully saturated rings. The maximum atomic E-state index is 11.9. The molecule has 1 spiro atoms. The molecular weight excluding hydrogens is 312 g/mol. The van der Waals surface area contributed by atoms with Gasteiger partial charge in [0.1, 0.15) is 0 Å². The van der Waals surface area contributed by atoms with E-state index in [0.29, 0.717) is 6.61 Å². The van der Waals surface area contributed by atoms with Crippen LogP contribution in [0.5, 0.6) is 0 Å². The van der Waals surface area contributed by atoms with Crippen LogP contribution in [0.15, 0.2) is 18.2 Å². The van der Waals surface area contributed by atoms with E-state index in [1.54, 1.807) is 0 Å². The van der Waals surface area contributed by atoms with E-state index < -0.39 is 0 Å². The molecule has 1 aromatic carbocycles. The smallest absolute Gasteiger partial charge is 0.222 e. The molecule has 1 N–H and O–H groups in total. The highest BCUT2D eigenvalue weighted by Gasteiger charge is 2.43. The molecule has 1 amide bonds. The number of aryl methyl sites for hydroxylation is 2. The van der Waals surface area contributed by atoms with Crippen molar-refractivity contribution in [2.75, 3.05) is 19.7 Å². The first kappa shape index (κ1) is 18.4. The van der Waals surface area contributed by atoms with E-state index in [2.05, 4.69) is 42.3 Å². The second-order valence-corrected chi connectivity index (χ2v) is 8.33. The summed E-state index contributed by atoms with van der Waals surface area (Å²) >= 11 is 0. The topological polar surface area (TPSA) is 41.6 Å². The van der Waals surface area contributed by atoms with Crippen LogP contribution in [0.1, 0.15) is 49.8 Å². The second kappa shape index (κ2) is 7.46. The molecule has 0 aromatic heterocycles. The predicted molar refractivity (Wildman–Crippen MR) is 100 cm³/mol. The number of carbonyl (C=O) groups excluding carboxylic acids is 1. The minimum absolute atomic E-state index is 0.0199. The lowest BCUT2D eigenvalue weighted by atomic mass is 9.87. The van der Waals surface area contributed by atoms with Crippen LogP contribution in [0.3, 0.4) is 0 Å². The van der Waals surface area contributed by atoms with Gasteiger partial charge in [0.05, 0.1) is 18.2 Å². The normalized spacial score (nSPS) is 23.3. The molecule has 138 valence electrons. The van der Waals surface area contributed by atoms with Crippen molar-refractivity contribution in [3.05, 3.63) is 34.9 Å². The standard InChI is InChI=1S/C21H32N2O2/c1-15(2)20(24)22-19-12-21(25-14-19)5-7-23(8-6-21)13-18-10-16(3)9-17(4)11-18/h9-11,15,19H,5-8,12-14H2,1-4H3,(H,22,24)/t19-/m1/s1. The molecule has 2 heterocycles. The average molecular weight is 344 g/mol. The van der Waals surface area contributed by atoms with Crippen LogP contribution in [-0.2, 0) is 16.1 Å². The zero-order valence-electron chi connectivity index (χ0n) is 16.1. The van der Waals surface area contributed by atoms with Crippen molar-refractivity contribution >= 4 is 5.91 Å².